The molecule has 0 aliphatic carbocycles. The normalized spacial score (nSPS) is 28.2. The van der Waals surface area contributed by atoms with Gasteiger partial charge in [-0.15, -0.1) is 0 Å². The molecule has 2 amide bonds. The number of carbonyl (C=O) groups is 2. The van der Waals surface area contributed by atoms with Gasteiger partial charge in [-0.2, -0.15) is 0 Å². The van der Waals surface area contributed by atoms with Crippen LogP contribution in [0, 0.1) is 0 Å². The van der Waals surface area contributed by atoms with Crippen LogP contribution in [0.2, 0.25) is 0 Å². The maximum Gasteiger partial charge on any atom is 0.245 e. The van der Waals surface area contributed by atoms with Gasteiger partial charge in [0.05, 0.1) is 0 Å². The zero-order chi connectivity index (χ0) is 13.1. The maximum atomic E-state index is 12.0. The van der Waals surface area contributed by atoms with Gasteiger partial charge < -0.3 is 15.5 Å². The fraction of sp³-hybridized carbons (Fsp3) is 0.846. The molecule has 0 radical (unpaired) electrons. The third-order valence-electron chi connectivity index (χ3n) is 3.79. The molecule has 5 heteroatoms. The molecule has 102 valence electrons. The van der Waals surface area contributed by atoms with E-state index in [1.54, 1.807) is 0 Å². The van der Waals surface area contributed by atoms with Crippen LogP contribution < -0.4 is 10.6 Å². The van der Waals surface area contributed by atoms with Crippen LogP contribution in [0.15, 0.2) is 0 Å². The Morgan fingerprint density at radius 1 is 1.50 bits per heavy atom. The van der Waals surface area contributed by atoms with Crippen molar-refractivity contribution in [1.82, 2.24) is 15.5 Å². The summed E-state index contributed by atoms with van der Waals surface area (Å²) in [6.45, 7) is 5.76. The van der Waals surface area contributed by atoms with Crippen molar-refractivity contribution >= 4 is 11.8 Å². The van der Waals surface area contributed by atoms with E-state index in [0.29, 0.717) is 12.5 Å². The summed E-state index contributed by atoms with van der Waals surface area (Å²) in [5, 5.41) is 6.16. The molecule has 2 N–H and O–H groups in total. The lowest BCUT2D eigenvalue weighted by Gasteiger charge is -2.21. The third kappa shape index (κ3) is 3.02. The summed E-state index contributed by atoms with van der Waals surface area (Å²) < 4.78 is 0. The highest BCUT2D eigenvalue weighted by Crippen LogP contribution is 2.15. The molecule has 2 aliphatic rings. The van der Waals surface area contributed by atoms with E-state index in [1.807, 2.05) is 18.7 Å². The Kier molecular flexibility index (Phi) is 4.22. The molecule has 0 saturated carbocycles. The minimum atomic E-state index is -0.304. The predicted molar refractivity (Wildman–Crippen MR) is 69.0 cm³/mol. The predicted octanol–water partition coefficient (Wildman–Crippen LogP) is 0.254. The van der Waals surface area contributed by atoms with Gasteiger partial charge >= 0.3 is 0 Å². The van der Waals surface area contributed by atoms with Crippen molar-refractivity contribution in [3.05, 3.63) is 0 Å². The Morgan fingerprint density at radius 2 is 2.28 bits per heavy atom. The molecule has 5 nitrogen and oxygen atoms in total. The van der Waals surface area contributed by atoms with Crippen LogP contribution in [0.5, 0.6) is 0 Å². The molecule has 0 spiro atoms. The van der Waals surface area contributed by atoms with E-state index in [9.17, 15) is 9.59 Å². The Labute approximate surface area is 108 Å². The molecule has 2 aliphatic heterocycles. The molecule has 0 aromatic carbocycles. The van der Waals surface area contributed by atoms with E-state index in [4.69, 9.17) is 0 Å². The average Bonchev–Trinajstić information content (AvgIpc) is 2.90. The van der Waals surface area contributed by atoms with E-state index < -0.39 is 0 Å². The van der Waals surface area contributed by atoms with Crippen molar-refractivity contribution in [3.63, 3.8) is 0 Å². The summed E-state index contributed by atoms with van der Waals surface area (Å²) in [7, 11) is 0. The zero-order valence-electron chi connectivity index (χ0n) is 11.2. The number of likely N-dealkylation sites (tertiary alicyclic amines) is 1. The minimum Gasteiger partial charge on any atom is -0.344 e. The summed E-state index contributed by atoms with van der Waals surface area (Å²) >= 11 is 0. The first-order valence-electron chi connectivity index (χ1n) is 6.91. The molecule has 2 rings (SSSR count). The molecule has 0 aromatic rings. The first-order valence-corrected chi connectivity index (χ1v) is 6.91. The van der Waals surface area contributed by atoms with Gasteiger partial charge in [0.25, 0.3) is 0 Å². The van der Waals surface area contributed by atoms with Crippen LogP contribution in [-0.4, -0.2) is 47.9 Å². The smallest absolute Gasteiger partial charge is 0.245 e. The van der Waals surface area contributed by atoms with Crippen molar-refractivity contribution < 1.29 is 9.59 Å². The number of amides is 2. The fourth-order valence-corrected chi connectivity index (χ4v) is 2.76. The molecular formula is C13H23N3O2. The van der Waals surface area contributed by atoms with Crippen LogP contribution in [0.4, 0.5) is 0 Å². The van der Waals surface area contributed by atoms with Gasteiger partial charge in [0.1, 0.15) is 6.04 Å². The van der Waals surface area contributed by atoms with Gasteiger partial charge in [-0.1, -0.05) is 0 Å². The molecule has 2 saturated heterocycles. The van der Waals surface area contributed by atoms with E-state index >= 15 is 0 Å². The molecule has 2 heterocycles. The van der Waals surface area contributed by atoms with Crippen molar-refractivity contribution in [1.29, 1.82) is 0 Å². The van der Waals surface area contributed by atoms with Gasteiger partial charge in [-0.05, 0) is 39.7 Å². The molecule has 0 bridgehead atoms. The number of rotatable bonds is 4. The fourth-order valence-electron chi connectivity index (χ4n) is 2.76. The number of nitrogens with zero attached hydrogens (tertiary/aromatic N) is 1. The molecule has 2 unspecified atom stereocenters. The first kappa shape index (κ1) is 13.3. The average molecular weight is 253 g/mol. The molecule has 18 heavy (non-hydrogen) atoms. The maximum absolute atomic E-state index is 12.0. The number of hydrogen-bond acceptors (Lipinski definition) is 3. The van der Waals surface area contributed by atoms with E-state index in [2.05, 4.69) is 10.6 Å². The standard InChI is InChI=1S/C13H23N3O2/c1-9(2)16-7-5-11(13(16)18)15-12(17)8-10-4-3-6-14-10/h9-11,14H,3-8H2,1-2H3,(H,15,17). The lowest BCUT2D eigenvalue weighted by Crippen LogP contribution is -2.44. The summed E-state index contributed by atoms with van der Waals surface area (Å²) in [5.41, 5.74) is 0. The van der Waals surface area contributed by atoms with E-state index in [1.165, 1.54) is 0 Å². The van der Waals surface area contributed by atoms with Crippen LogP contribution >= 0.6 is 0 Å². The van der Waals surface area contributed by atoms with E-state index in [-0.39, 0.29) is 23.9 Å². The van der Waals surface area contributed by atoms with Gasteiger partial charge in [-0.3, -0.25) is 9.59 Å². The summed E-state index contributed by atoms with van der Waals surface area (Å²) in [6.07, 6.45) is 3.43. The Bertz CT molecular complexity index is 324. The van der Waals surface area contributed by atoms with Crippen LogP contribution in [0.1, 0.15) is 39.5 Å². The van der Waals surface area contributed by atoms with Crippen LogP contribution in [0.25, 0.3) is 0 Å². The summed E-state index contributed by atoms with van der Waals surface area (Å²) in [5.74, 6) is 0.0658. The molecule has 2 atom stereocenters. The third-order valence-corrected chi connectivity index (χ3v) is 3.79. The Hall–Kier alpha value is -1.10. The Morgan fingerprint density at radius 3 is 2.83 bits per heavy atom. The summed E-state index contributed by atoms with van der Waals surface area (Å²) in [6, 6.07) is 0.208. The van der Waals surface area contributed by atoms with Gasteiger partial charge in [-0.25, -0.2) is 0 Å². The van der Waals surface area contributed by atoms with Gasteiger partial charge in [0.15, 0.2) is 0 Å². The van der Waals surface area contributed by atoms with Crippen LogP contribution in [0.3, 0.4) is 0 Å². The quantitative estimate of drug-likeness (QED) is 0.755. The van der Waals surface area contributed by atoms with E-state index in [0.717, 1.165) is 32.4 Å². The van der Waals surface area contributed by atoms with Crippen LogP contribution in [-0.2, 0) is 9.59 Å². The van der Waals surface area contributed by atoms with Crippen molar-refractivity contribution in [2.24, 2.45) is 0 Å². The first-order chi connectivity index (χ1) is 8.58. The van der Waals surface area contributed by atoms with Gasteiger partial charge in [0, 0.05) is 25.0 Å². The second kappa shape index (κ2) is 5.69. The monoisotopic (exact) mass is 253 g/mol. The molecule has 2 fully saturated rings. The molecular weight excluding hydrogens is 230 g/mol. The van der Waals surface area contributed by atoms with Crippen molar-refractivity contribution in [3.8, 4) is 0 Å². The lowest BCUT2D eigenvalue weighted by molar-refractivity contribution is -0.133. The molecule has 0 aromatic heterocycles. The van der Waals surface area contributed by atoms with Crippen molar-refractivity contribution in [2.45, 2.75) is 57.7 Å². The lowest BCUT2D eigenvalue weighted by atomic mass is 10.1. The second-order valence-corrected chi connectivity index (χ2v) is 5.53. The highest BCUT2D eigenvalue weighted by Gasteiger charge is 2.34. The number of carbonyl (C=O) groups excluding carboxylic acids is 2. The largest absolute Gasteiger partial charge is 0.344 e. The highest BCUT2D eigenvalue weighted by molar-refractivity contribution is 5.89. The summed E-state index contributed by atoms with van der Waals surface area (Å²) in [4.78, 5) is 25.7. The topological polar surface area (TPSA) is 61.4 Å². The number of nitrogens with one attached hydrogen (secondary N) is 2. The minimum absolute atomic E-state index is 0.00152. The second-order valence-electron chi connectivity index (χ2n) is 5.53. The van der Waals surface area contributed by atoms with Gasteiger partial charge in [0.2, 0.25) is 11.8 Å². The number of hydrogen-bond donors (Lipinski definition) is 2. The zero-order valence-corrected chi connectivity index (χ0v) is 11.2. The Balaban J connectivity index is 1.79. The highest BCUT2D eigenvalue weighted by atomic mass is 16.2. The van der Waals surface area contributed by atoms with Crippen molar-refractivity contribution in [2.75, 3.05) is 13.1 Å². The SMILES string of the molecule is CC(C)N1CCC(NC(=O)CC2CCCN2)C1=O.